The van der Waals surface area contributed by atoms with Crippen LogP contribution < -0.4 is 5.32 Å². The van der Waals surface area contributed by atoms with Crippen LogP contribution in [0, 0.1) is 0 Å². The summed E-state index contributed by atoms with van der Waals surface area (Å²) in [7, 11) is 0. The van der Waals surface area contributed by atoms with Crippen LogP contribution in [-0.2, 0) is 9.47 Å². The topological polar surface area (TPSA) is 50.7 Å². The summed E-state index contributed by atoms with van der Waals surface area (Å²) in [5.74, 6) is 0. The summed E-state index contributed by atoms with van der Waals surface area (Å²) >= 11 is 0. The second-order valence-corrected chi connectivity index (χ2v) is 3.61. The van der Waals surface area contributed by atoms with Crippen LogP contribution in [0.1, 0.15) is 19.8 Å². The molecule has 0 aromatic heterocycles. The number of nitrogens with one attached hydrogen (secondary N) is 1. The lowest BCUT2D eigenvalue weighted by atomic mass is 10.1. The first-order chi connectivity index (χ1) is 6.83. The molecule has 14 heavy (non-hydrogen) atoms. The third kappa shape index (κ3) is 4.91. The zero-order chi connectivity index (χ0) is 10.2. The van der Waals surface area contributed by atoms with Crippen molar-refractivity contribution in [1.29, 1.82) is 0 Å². The van der Waals surface area contributed by atoms with E-state index in [0.717, 1.165) is 26.1 Å². The highest BCUT2D eigenvalue weighted by molar-refractivity contribution is 4.71. The molecule has 1 unspecified atom stereocenters. The number of aliphatic hydroxyl groups is 1. The molecular weight excluding hydrogens is 182 g/mol. The van der Waals surface area contributed by atoms with E-state index in [9.17, 15) is 5.11 Å². The van der Waals surface area contributed by atoms with E-state index in [2.05, 4.69) is 5.32 Å². The van der Waals surface area contributed by atoms with E-state index in [0.29, 0.717) is 25.8 Å². The number of aliphatic hydroxyl groups excluding tert-OH is 1. The molecule has 1 saturated heterocycles. The fourth-order valence-corrected chi connectivity index (χ4v) is 1.52. The monoisotopic (exact) mass is 203 g/mol. The normalized spacial score (nSPS) is 21.0. The van der Waals surface area contributed by atoms with Crippen LogP contribution in [0.15, 0.2) is 0 Å². The molecular formula is C10H21NO3. The van der Waals surface area contributed by atoms with Crippen LogP contribution in [0.2, 0.25) is 0 Å². The van der Waals surface area contributed by atoms with Crippen LogP contribution >= 0.6 is 0 Å². The van der Waals surface area contributed by atoms with Crippen molar-refractivity contribution >= 4 is 0 Å². The Morgan fingerprint density at radius 1 is 1.50 bits per heavy atom. The molecule has 0 saturated carbocycles. The van der Waals surface area contributed by atoms with Gasteiger partial charge in [-0.25, -0.2) is 0 Å². The SMILES string of the molecule is CCOCC(O)CNC1CCOCC1. The molecule has 1 rings (SSSR count). The zero-order valence-electron chi connectivity index (χ0n) is 8.87. The molecule has 1 atom stereocenters. The Balaban J connectivity index is 2.00. The van der Waals surface area contributed by atoms with E-state index in [1.165, 1.54) is 0 Å². The second kappa shape index (κ2) is 7.17. The molecule has 1 aliphatic heterocycles. The third-order valence-electron chi connectivity index (χ3n) is 2.38. The average Bonchev–Trinajstić information content (AvgIpc) is 2.25. The molecule has 0 amide bonds. The number of rotatable bonds is 6. The lowest BCUT2D eigenvalue weighted by Crippen LogP contribution is -2.40. The Labute approximate surface area is 85.6 Å². The molecule has 0 spiro atoms. The van der Waals surface area contributed by atoms with Crippen LogP contribution in [0.3, 0.4) is 0 Å². The molecule has 0 aromatic rings. The van der Waals surface area contributed by atoms with Crippen molar-refractivity contribution in [3.8, 4) is 0 Å². The maximum Gasteiger partial charge on any atom is 0.0897 e. The average molecular weight is 203 g/mol. The molecule has 0 radical (unpaired) electrons. The highest BCUT2D eigenvalue weighted by Crippen LogP contribution is 2.05. The van der Waals surface area contributed by atoms with Gasteiger partial charge in [0.25, 0.3) is 0 Å². The first kappa shape index (κ1) is 11.9. The van der Waals surface area contributed by atoms with Crippen molar-refractivity contribution in [3.63, 3.8) is 0 Å². The van der Waals surface area contributed by atoms with Gasteiger partial charge >= 0.3 is 0 Å². The van der Waals surface area contributed by atoms with E-state index in [1.807, 2.05) is 6.92 Å². The summed E-state index contributed by atoms with van der Waals surface area (Å²) in [5.41, 5.74) is 0. The smallest absolute Gasteiger partial charge is 0.0897 e. The zero-order valence-corrected chi connectivity index (χ0v) is 8.87. The van der Waals surface area contributed by atoms with Gasteiger partial charge in [0.2, 0.25) is 0 Å². The Morgan fingerprint density at radius 2 is 2.21 bits per heavy atom. The summed E-state index contributed by atoms with van der Waals surface area (Å²) in [5, 5.41) is 12.8. The summed E-state index contributed by atoms with van der Waals surface area (Å²) in [6.07, 6.45) is 1.70. The van der Waals surface area contributed by atoms with E-state index < -0.39 is 6.10 Å². The predicted octanol–water partition coefficient (Wildman–Crippen LogP) is 0.152. The van der Waals surface area contributed by atoms with Gasteiger partial charge in [0, 0.05) is 32.4 Å². The van der Waals surface area contributed by atoms with Crippen molar-refractivity contribution < 1.29 is 14.6 Å². The number of ether oxygens (including phenoxy) is 2. The predicted molar refractivity (Wildman–Crippen MR) is 54.3 cm³/mol. The Kier molecular flexibility index (Phi) is 6.10. The fourth-order valence-electron chi connectivity index (χ4n) is 1.52. The maximum absolute atomic E-state index is 9.49. The van der Waals surface area contributed by atoms with Gasteiger partial charge in [-0.15, -0.1) is 0 Å². The molecule has 1 aliphatic rings. The second-order valence-electron chi connectivity index (χ2n) is 3.61. The molecule has 0 bridgehead atoms. The van der Waals surface area contributed by atoms with Gasteiger partial charge in [0.1, 0.15) is 0 Å². The van der Waals surface area contributed by atoms with Crippen molar-refractivity contribution in [2.75, 3.05) is 33.0 Å². The van der Waals surface area contributed by atoms with Crippen LogP contribution in [0.4, 0.5) is 0 Å². The van der Waals surface area contributed by atoms with Gasteiger partial charge in [0.05, 0.1) is 12.7 Å². The highest BCUT2D eigenvalue weighted by Gasteiger charge is 2.14. The highest BCUT2D eigenvalue weighted by atomic mass is 16.5. The minimum absolute atomic E-state index is 0.391. The van der Waals surface area contributed by atoms with Gasteiger partial charge in [-0.1, -0.05) is 0 Å². The molecule has 84 valence electrons. The Hall–Kier alpha value is -0.160. The van der Waals surface area contributed by atoms with Gasteiger partial charge in [-0.2, -0.15) is 0 Å². The lowest BCUT2D eigenvalue weighted by molar-refractivity contribution is 0.0344. The Bertz CT molecular complexity index is 137. The minimum Gasteiger partial charge on any atom is -0.389 e. The first-order valence-corrected chi connectivity index (χ1v) is 5.40. The van der Waals surface area contributed by atoms with E-state index in [4.69, 9.17) is 9.47 Å². The van der Waals surface area contributed by atoms with Gasteiger partial charge in [-0.3, -0.25) is 0 Å². The molecule has 4 nitrogen and oxygen atoms in total. The summed E-state index contributed by atoms with van der Waals surface area (Å²) in [4.78, 5) is 0. The van der Waals surface area contributed by atoms with Crippen molar-refractivity contribution in [1.82, 2.24) is 5.32 Å². The van der Waals surface area contributed by atoms with E-state index in [1.54, 1.807) is 0 Å². The lowest BCUT2D eigenvalue weighted by Gasteiger charge is -2.24. The number of hydrogen-bond acceptors (Lipinski definition) is 4. The van der Waals surface area contributed by atoms with Crippen molar-refractivity contribution in [3.05, 3.63) is 0 Å². The van der Waals surface area contributed by atoms with Crippen LogP contribution in [-0.4, -0.2) is 50.2 Å². The molecule has 2 N–H and O–H groups in total. The summed E-state index contributed by atoms with van der Waals surface area (Å²) in [6, 6.07) is 0.500. The summed E-state index contributed by atoms with van der Waals surface area (Å²) in [6.45, 7) is 5.29. The molecule has 4 heteroatoms. The quantitative estimate of drug-likeness (QED) is 0.645. The largest absolute Gasteiger partial charge is 0.389 e. The van der Waals surface area contributed by atoms with Gasteiger partial charge in [-0.05, 0) is 19.8 Å². The van der Waals surface area contributed by atoms with E-state index in [-0.39, 0.29) is 0 Å². The van der Waals surface area contributed by atoms with Crippen LogP contribution in [0.25, 0.3) is 0 Å². The number of hydrogen-bond donors (Lipinski definition) is 2. The maximum atomic E-state index is 9.49. The van der Waals surface area contributed by atoms with Gasteiger partial charge in [0.15, 0.2) is 0 Å². The molecule has 1 heterocycles. The standard InChI is InChI=1S/C10H21NO3/c1-2-13-8-10(12)7-11-9-3-5-14-6-4-9/h9-12H,2-8H2,1H3. The first-order valence-electron chi connectivity index (χ1n) is 5.40. The minimum atomic E-state index is -0.391. The molecule has 0 aliphatic carbocycles. The van der Waals surface area contributed by atoms with Crippen molar-refractivity contribution in [2.24, 2.45) is 0 Å². The van der Waals surface area contributed by atoms with E-state index >= 15 is 0 Å². The molecule has 1 fully saturated rings. The molecule has 0 aromatic carbocycles. The Morgan fingerprint density at radius 3 is 2.86 bits per heavy atom. The fraction of sp³-hybridized carbons (Fsp3) is 1.00. The van der Waals surface area contributed by atoms with Crippen molar-refractivity contribution in [2.45, 2.75) is 31.9 Å². The third-order valence-corrected chi connectivity index (χ3v) is 2.38. The van der Waals surface area contributed by atoms with Gasteiger partial charge < -0.3 is 19.9 Å². The van der Waals surface area contributed by atoms with Crippen LogP contribution in [0.5, 0.6) is 0 Å². The summed E-state index contributed by atoms with van der Waals surface area (Å²) < 4.78 is 10.4.